The molecule has 28 heavy (non-hydrogen) atoms. The lowest BCUT2D eigenvalue weighted by atomic mass is 9.78. The van der Waals surface area contributed by atoms with Crippen molar-refractivity contribution < 1.29 is 19.2 Å². The molecule has 0 unspecified atom stereocenters. The number of carbonyl (C=O) groups is 4. The molecule has 0 bridgehead atoms. The average Bonchev–Trinajstić information content (AvgIpc) is 3.23. The van der Waals surface area contributed by atoms with Crippen molar-refractivity contribution in [3.8, 4) is 0 Å². The van der Waals surface area contributed by atoms with E-state index in [0.717, 1.165) is 11.1 Å². The highest BCUT2D eigenvalue weighted by atomic mass is 16.2. The number of carbonyl (C=O) groups excluding carboxylic acids is 4. The Morgan fingerprint density at radius 1 is 1.04 bits per heavy atom. The predicted molar refractivity (Wildman–Crippen MR) is 97.7 cm³/mol. The minimum absolute atomic E-state index is 0.132. The molecule has 144 valence electrons. The fourth-order valence-corrected chi connectivity index (χ4v) is 5.44. The van der Waals surface area contributed by atoms with E-state index in [1.54, 1.807) is 25.1 Å². The van der Waals surface area contributed by atoms with Gasteiger partial charge in [0.05, 0.1) is 30.5 Å². The summed E-state index contributed by atoms with van der Waals surface area (Å²) in [6.45, 7) is 3.95. The van der Waals surface area contributed by atoms with Crippen LogP contribution in [0.15, 0.2) is 29.4 Å². The molecule has 1 aromatic carbocycles. The number of hydrogen-bond acceptors (Lipinski definition) is 6. The monoisotopic (exact) mass is 380 g/mol. The molecular formula is C20H20N4O4. The van der Waals surface area contributed by atoms with Crippen molar-refractivity contribution in [3.63, 3.8) is 0 Å². The summed E-state index contributed by atoms with van der Waals surface area (Å²) in [6.07, 6.45) is 1.51. The second kappa shape index (κ2) is 5.50. The maximum absolute atomic E-state index is 13.4. The van der Waals surface area contributed by atoms with Crippen LogP contribution in [0.3, 0.4) is 0 Å². The summed E-state index contributed by atoms with van der Waals surface area (Å²) in [5.41, 5.74) is 0.292. The smallest absolute Gasteiger partial charge is 0.258 e. The number of hydrazone groups is 1. The van der Waals surface area contributed by atoms with E-state index in [0.29, 0.717) is 0 Å². The van der Waals surface area contributed by atoms with E-state index in [4.69, 9.17) is 0 Å². The maximum atomic E-state index is 13.4. The molecular weight excluding hydrogens is 360 g/mol. The number of fused-ring (bicyclic) bond motifs is 7. The summed E-state index contributed by atoms with van der Waals surface area (Å²) < 4.78 is 0. The van der Waals surface area contributed by atoms with Crippen LogP contribution >= 0.6 is 0 Å². The second-order valence-electron chi connectivity index (χ2n) is 7.63. The number of likely N-dealkylation sites (N-methyl/N-ethyl adjacent to an activating group) is 1. The van der Waals surface area contributed by atoms with Crippen molar-refractivity contribution in [3.05, 3.63) is 35.4 Å². The molecule has 0 radical (unpaired) electrons. The van der Waals surface area contributed by atoms with Gasteiger partial charge in [0.15, 0.2) is 5.54 Å². The van der Waals surface area contributed by atoms with Crippen molar-refractivity contribution in [2.24, 2.45) is 16.9 Å². The first kappa shape index (κ1) is 17.1. The van der Waals surface area contributed by atoms with Crippen molar-refractivity contribution in [2.45, 2.75) is 31.8 Å². The van der Waals surface area contributed by atoms with Gasteiger partial charge >= 0.3 is 0 Å². The van der Waals surface area contributed by atoms with Crippen LogP contribution in [0.1, 0.15) is 37.4 Å². The fourth-order valence-electron chi connectivity index (χ4n) is 5.44. The Morgan fingerprint density at radius 2 is 1.75 bits per heavy atom. The number of nitrogens with zero attached hydrogens (tertiary/aromatic N) is 4. The summed E-state index contributed by atoms with van der Waals surface area (Å²) in [4.78, 5) is 54.9. The van der Waals surface area contributed by atoms with E-state index in [2.05, 4.69) is 5.10 Å². The van der Waals surface area contributed by atoms with E-state index < -0.39 is 29.3 Å². The van der Waals surface area contributed by atoms with Crippen LogP contribution in [-0.2, 0) is 19.2 Å². The first-order chi connectivity index (χ1) is 13.5. The molecule has 8 heteroatoms. The second-order valence-corrected chi connectivity index (χ2v) is 7.63. The maximum Gasteiger partial charge on any atom is 0.258 e. The molecule has 4 atom stereocenters. The van der Waals surface area contributed by atoms with E-state index in [1.165, 1.54) is 9.80 Å². The Hall–Kier alpha value is -3.03. The Morgan fingerprint density at radius 3 is 2.43 bits per heavy atom. The molecule has 0 N–H and O–H groups in total. The molecule has 0 saturated carbocycles. The van der Waals surface area contributed by atoms with Crippen LogP contribution in [0, 0.1) is 11.8 Å². The largest absolute Gasteiger partial charge is 0.282 e. The van der Waals surface area contributed by atoms with Crippen molar-refractivity contribution in [2.75, 3.05) is 13.1 Å². The molecule has 3 fully saturated rings. The third kappa shape index (κ3) is 1.73. The van der Waals surface area contributed by atoms with Gasteiger partial charge in [-0.25, -0.2) is 0 Å². The molecule has 0 aromatic heterocycles. The van der Waals surface area contributed by atoms with Gasteiger partial charge in [-0.1, -0.05) is 24.3 Å². The zero-order chi connectivity index (χ0) is 19.8. The lowest BCUT2D eigenvalue weighted by molar-refractivity contribution is -0.149. The van der Waals surface area contributed by atoms with E-state index in [-0.39, 0.29) is 37.2 Å². The zero-order valence-electron chi connectivity index (χ0n) is 15.7. The van der Waals surface area contributed by atoms with Crippen LogP contribution in [0.5, 0.6) is 0 Å². The quantitative estimate of drug-likeness (QED) is 0.698. The molecule has 5 rings (SSSR count). The summed E-state index contributed by atoms with van der Waals surface area (Å²) in [6, 6.07) is 7.02. The molecule has 1 spiro atoms. The molecule has 4 heterocycles. The van der Waals surface area contributed by atoms with Crippen LogP contribution in [0.4, 0.5) is 0 Å². The minimum Gasteiger partial charge on any atom is -0.282 e. The first-order valence-corrected chi connectivity index (χ1v) is 9.59. The van der Waals surface area contributed by atoms with Gasteiger partial charge in [0.25, 0.3) is 5.91 Å². The van der Waals surface area contributed by atoms with Crippen LogP contribution in [0.2, 0.25) is 0 Å². The Balaban J connectivity index is 1.76. The predicted octanol–water partition coefficient (Wildman–Crippen LogP) is 0.530. The molecule has 4 amide bonds. The minimum atomic E-state index is -1.43. The topological polar surface area (TPSA) is 90.4 Å². The fraction of sp³-hybridized carbons (Fsp3) is 0.450. The van der Waals surface area contributed by atoms with Gasteiger partial charge in [0.1, 0.15) is 0 Å². The highest BCUT2D eigenvalue weighted by Crippen LogP contribution is 2.59. The standard InChI is InChI=1S/C20H20N4O4/c1-3-22-13(25)9-20(19(22)28)15-14(17(26)23(4-2)18(15)27)16-12-8-6-5-7-11(12)10-21-24(16)20/h5-8,10,14-16H,3-4,9H2,1-2H3/t14-,15+,16-,20+/m1/s1. The third-order valence-electron chi connectivity index (χ3n) is 6.57. The summed E-state index contributed by atoms with van der Waals surface area (Å²) in [5, 5.41) is 6.10. The van der Waals surface area contributed by atoms with Gasteiger partial charge in [-0.05, 0) is 25.0 Å². The number of rotatable bonds is 2. The Labute approximate surface area is 161 Å². The average molecular weight is 380 g/mol. The summed E-state index contributed by atoms with van der Waals surface area (Å²) in [5.74, 6) is -3.03. The van der Waals surface area contributed by atoms with Crippen LogP contribution in [0.25, 0.3) is 0 Å². The van der Waals surface area contributed by atoms with Gasteiger partial charge in [0, 0.05) is 13.1 Å². The van der Waals surface area contributed by atoms with Crippen molar-refractivity contribution in [1.82, 2.24) is 14.8 Å². The highest BCUT2D eigenvalue weighted by molar-refractivity contribution is 6.16. The third-order valence-corrected chi connectivity index (χ3v) is 6.57. The number of amides is 4. The lowest BCUT2D eigenvalue weighted by Gasteiger charge is -2.39. The van der Waals surface area contributed by atoms with Crippen molar-refractivity contribution >= 4 is 29.8 Å². The van der Waals surface area contributed by atoms with Gasteiger partial charge < -0.3 is 0 Å². The van der Waals surface area contributed by atoms with Crippen LogP contribution in [-0.4, -0.2) is 63.3 Å². The highest BCUT2D eigenvalue weighted by Gasteiger charge is 2.75. The normalized spacial score (nSPS) is 33.2. The molecule has 4 aliphatic rings. The van der Waals surface area contributed by atoms with Gasteiger partial charge in [-0.15, -0.1) is 0 Å². The van der Waals surface area contributed by atoms with Crippen LogP contribution < -0.4 is 0 Å². The zero-order valence-corrected chi connectivity index (χ0v) is 15.7. The lowest BCUT2D eigenvalue weighted by Crippen LogP contribution is -2.55. The number of imide groups is 2. The molecule has 8 nitrogen and oxygen atoms in total. The Kier molecular flexibility index (Phi) is 3.36. The number of benzene rings is 1. The summed E-state index contributed by atoms with van der Waals surface area (Å²) >= 11 is 0. The molecule has 4 aliphatic heterocycles. The molecule has 0 aliphatic carbocycles. The number of hydrogen-bond donors (Lipinski definition) is 0. The van der Waals surface area contributed by atoms with Gasteiger partial charge in [-0.2, -0.15) is 5.10 Å². The number of likely N-dealkylation sites (tertiary alicyclic amines) is 2. The van der Waals surface area contributed by atoms with E-state index in [1.807, 2.05) is 24.3 Å². The van der Waals surface area contributed by atoms with Gasteiger partial charge in [-0.3, -0.25) is 34.0 Å². The first-order valence-electron chi connectivity index (χ1n) is 9.59. The van der Waals surface area contributed by atoms with Gasteiger partial charge in [0.2, 0.25) is 17.7 Å². The summed E-state index contributed by atoms with van der Waals surface area (Å²) in [7, 11) is 0. The van der Waals surface area contributed by atoms with Crippen molar-refractivity contribution in [1.29, 1.82) is 0 Å². The van der Waals surface area contributed by atoms with E-state index >= 15 is 0 Å². The Bertz CT molecular complexity index is 973. The SMILES string of the molecule is CCN1C(=O)[C@H]2[C@H]3c4ccccc4C=NN3[C@@]3(CC(=O)N(CC)C3=O)[C@@H]2C1=O. The molecule has 1 aromatic rings. The van der Waals surface area contributed by atoms with E-state index in [9.17, 15) is 19.2 Å². The molecule has 3 saturated heterocycles.